The second-order valence-electron chi connectivity index (χ2n) is 4.10. The van der Waals surface area contributed by atoms with E-state index in [1.807, 2.05) is 0 Å². The Kier molecular flexibility index (Phi) is 3.94. The molecule has 2 rings (SSSR count). The maximum atomic E-state index is 12.4. The summed E-state index contributed by atoms with van der Waals surface area (Å²) in [5, 5.41) is 0. The number of ether oxygens (including phenoxy) is 1. The second-order valence-corrected chi connectivity index (χ2v) is 4.10. The average molecular weight is 284 g/mol. The Morgan fingerprint density at radius 2 is 1.80 bits per heavy atom. The van der Waals surface area contributed by atoms with Gasteiger partial charge in [-0.2, -0.15) is 13.2 Å². The van der Waals surface area contributed by atoms with E-state index in [4.69, 9.17) is 9.15 Å². The lowest BCUT2D eigenvalue weighted by molar-refractivity contribution is -0.137. The molecule has 20 heavy (non-hydrogen) atoms. The third-order valence-corrected chi connectivity index (χ3v) is 2.65. The molecule has 1 aromatic carbocycles. The zero-order chi connectivity index (χ0) is 14.8. The highest BCUT2D eigenvalue weighted by atomic mass is 19.4. The minimum atomic E-state index is -4.42. The first-order valence-corrected chi connectivity index (χ1v) is 5.71. The van der Waals surface area contributed by atoms with Gasteiger partial charge in [0.05, 0.1) is 5.56 Å². The van der Waals surface area contributed by atoms with Crippen molar-refractivity contribution in [3.8, 4) is 0 Å². The molecule has 3 nitrogen and oxygen atoms in total. The van der Waals surface area contributed by atoms with Crippen molar-refractivity contribution in [2.24, 2.45) is 0 Å². The molecule has 2 aromatic rings. The number of rotatable bonds is 4. The lowest BCUT2D eigenvalue weighted by Crippen LogP contribution is -2.06. The summed E-state index contributed by atoms with van der Waals surface area (Å²) in [6.07, 6.45) is -4.42. The first-order valence-electron chi connectivity index (χ1n) is 5.71. The lowest BCUT2D eigenvalue weighted by atomic mass is 10.1. The molecule has 0 aliphatic carbocycles. The predicted molar refractivity (Wildman–Crippen MR) is 64.3 cm³/mol. The smallest absolute Gasteiger partial charge is 0.416 e. The number of alkyl halides is 3. The van der Waals surface area contributed by atoms with Crippen molar-refractivity contribution in [3.63, 3.8) is 0 Å². The molecule has 0 aliphatic heterocycles. The zero-order valence-corrected chi connectivity index (χ0v) is 10.5. The van der Waals surface area contributed by atoms with Crippen molar-refractivity contribution < 1.29 is 27.1 Å². The number of methoxy groups -OCH3 is 1. The summed E-state index contributed by atoms with van der Waals surface area (Å²) in [4.78, 5) is 12.0. The molecular formula is C14H11F3O3. The molecule has 0 radical (unpaired) electrons. The topological polar surface area (TPSA) is 39.4 Å². The number of furan rings is 1. The van der Waals surface area contributed by atoms with Crippen LogP contribution in [0.2, 0.25) is 0 Å². The normalized spacial score (nSPS) is 11.6. The summed E-state index contributed by atoms with van der Waals surface area (Å²) in [7, 11) is 1.49. The number of carbonyl (C=O) groups excluding carboxylic acids is 1. The van der Waals surface area contributed by atoms with Gasteiger partial charge in [0.25, 0.3) is 0 Å². The highest BCUT2D eigenvalue weighted by molar-refractivity contribution is 6.07. The van der Waals surface area contributed by atoms with Gasteiger partial charge in [-0.15, -0.1) is 0 Å². The number of halogens is 3. The van der Waals surface area contributed by atoms with Crippen LogP contribution in [0.15, 0.2) is 40.8 Å². The molecule has 0 atom stereocenters. The molecule has 0 aliphatic rings. The lowest BCUT2D eigenvalue weighted by Gasteiger charge is -2.06. The Bertz CT molecular complexity index is 597. The van der Waals surface area contributed by atoms with Gasteiger partial charge in [-0.05, 0) is 24.3 Å². The van der Waals surface area contributed by atoms with Crippen molar-refractivity contribution in [3.05, 3.63) is 59.0 Å². The van der Waals surface area contributed by atoms with E-state index in [9.17, 15) is 18.0 Å². The van der Waals surface area contributed by atoms with Crippen LogP contribution in [-0.4, -0.2) is 12.9 Å². The molecule has 1 heterocycles. The first kappa shape index (κ1) is 14.3. The van der Waals surface area contributed by atoms with Gasteiger partial charge in [-0.3, -0.25) is 4.79 Å². The number of carbonyl (C=O) groups is 1. The minimum absolute atomic E-state index is 0.0665. The van der Waals surface area contributed by atoms with E-state index < -0.39 is 17.5 Å². The second kappa shape index (κ2) is 5.50. The Morgan fingerprint density at radius 1 is 1.15 bits per heavy atom. The Morgan fingerprint density at radius 3 is 2.35 bits per heavy atom. The average Bonchev–Trinajstić information content (AvgIpc) is 2.86. The van der Waals surface area contributed by atoms with Gasteiger partial charge >= 0.3 is 6.18 Å². The molecule has 0 unspecified atom stereocenters. The van der Waals surface area contributed by atoms with Gasteiger partial charge in [0.2, 0.25) is 5.78 Å². The standard InChI is InChI=1S/C14H11F3O3/c1-19-8-11-6-7-12(20-11)13(18)9-2-4-10(5-3-9)14(15,16)17/h2-7H,8H2,1H3. The van der Waals surface area contributed by atoms with E-state index in [1.54, 1.807) is 6.07 Å². The van der Waals surface area contributed by atoms with Gasteiger partial charge in [0.1, 0.15) is 12.4 Å². The van der Waals surface area contributed by atoms with Crippen LogP contribution >= 0.6 is 0 Å². The van der Waals surface area contributed by atoms with Crippen molar-refractivity contribution in [2.75, 3.05) is 7.11 Å². The van der Waals surface area contributed by atoms with Crippen LogP contribution in [0.4, 0.5) is 13.2 Å². The van der Waals surface area contributed by atoms with Gasteiger partial charge in [0.15, 0.2) is 5.76 Å². The van der Waals surface area contributed by atoms with Crippen molar-refractivity contribution in [2.45, 2.75) is 12.8 Å². The van der Waals surface area contributed by atoms with E-state index in [2.05, 4.69) is 0 Å². The maximum Gasteiger partial charge on any atom is 0.416 e. The van der Waals surface area contributed by atoms with Crippen molar-refractivity contribution in [1.29, 1.82) is 0 Å². The highest BCUT2D eigenvalue weighted by Crippen LogP contribution is 2.29. The van der Waals surface area contributed by atoms with E-state index in [0.717, 1.165) is 24.3 Å². The predicted octanol–water partition coefficient (Wildman–Crippen LogP) is 3.68. The highest BCUT2D eigenvalue weighted by Gasteiger charge is 2.30. The zero-order valence-electron chi connectivity index (χ0n) is 10.5. The third kappa shape index (κ3) is 3.08. The summed E-state index contributed by atoms with van der Waals surface area (Å²) in [6.45, 7) is 0.223. The molecule has 6 heteroatoms. The molecule has 0 spiro atoms. The molecule has 106 valence electrons. The molecule has 0 bridgehead atoms. The van der Waals surface area contributed by atoms with E-state index in [0.29, 0.717) is 5.76 Å². The van der Waals surface area contributed by atoms with Crippen LogP contribution < -0.4 is 0 Å². The quantitative estimate of drug-likeness (QED) is 0.804. The fraction of sp³-hybridized carbons (Fsp3) is 0.214. The molecule has 0 saturated carbocycles. The summed E-state index contributed by atoms with van der Waals surface area (Å²) < 4.78 is 47.3. The third-order valence-electron chi connectivity index (χ3n) is 2.65. The largest absolute Gasteiger partial charge is 0.455 e. The maximum absolute atomic E-state index is 12.4. The Labute approximate surface area is 113 Å². The number of ketones is 1. The van der Waals surface area contributed by atoms with Crippen LogP contribution in [0, 0.1) is 0 Å². The summed E-state index contributed by atoms with van der Waals surface area (Å²) in [6, 6.07) is 7.04. The fourth-order valence-corrected chi connectivity index (χ4v) is 1.67. The molecule has 0 fully saturated rings. The summed E-state index contributed by atoms with van der Waals surface area (Å²) >= 11 is 0. The van der Waals surface area contributed by atoms with E-state index in [1.165, 1.54) is 13.2 Å². The SMILES string of the molecule is COCc1ccc(C(=O)c2ccc(C(F)(F)F)cc2)o1. The Balaban J connectivity index is 2.20. The van der Waals surface area contributed by atoms with Crippen LogP contribution in [0.25, 0.3) is 0 Å². The fourth-order valence-electron chi connectivity index (χ4n) is 1.67. The van der Waals surface area contributed by atoms with Crippen LogP contribution in [0.5, 0.6) is 0 Å². The summed E-state index contributed by atoms with van der Waals surface area (Å²) in [5.74, 6) is 0.0700. The summed E-state index contributed by atoms with van der Waals surface area (Å²) in [5.41, 5.74) is -0.662. The van der Waals surface area contributed by atoms with E-state index >= 15 is 0 Å². The number of hydrogen-bond donors (Lipinski definition) is 0. The van der Waals surface area contributed by atoms with Gasteiger partial charge in [-0.1, -0.05) is 12.1 Å². The van der Waals surface area contributed by atoms with E-state index in [-0.39, 0.29) is 17.9 Å². The molecule has 0 saturated heterocycles. The molecule has 0 N–H and O–H groups in total. The van der Waals surface area contributed by atoms with Crippen LogP contribution in [0.1, 0.15) is 27.4 Å². The molecule has 1 aromatic heterocycles. The first-order chi connectivity index (χ1) is 9.41. The van der Waals surface area contributed by atoms with Crippen LogP contribution in [0.3, 0.4) is 0 Å². The Hall–Kier alpha value is -2.08. The molecular weight excluding hydrogens is 273 g/mol. The van der Waals surface area contributed by atoms with Gasteiger partial charge in [-0.25, -0.2) is 0 Å². The van der Waals surface area contributed by atoms with Crippen LogP contribution in [-0.2, 0) is 17.5 Å². The van der Waals surface area contributed by atoms with Gasteiger partial charge in [0, 0.05) is 12.7 Å². The number of benzene rings is 1. The monoisotopic (exact) mass is 284 g/mol. The van der Waals surface area contributed by atoms with Gasteiger partial charge < -0.3 is 9.15 Å². The number of hydrogen-bond acceptors (Lipinski definition) is 3. The minimum Gasteiger partial charge on any atom is -0.455 e. The van der Waals surface area contributed by atoms with Crippen molar-refractivity contribution in [1.82, 2.24) is 0 Å². The molecule has 0 amide bonds. The van der Waals surface area contributed by atoms with Crippen molar-refractivity contribution >= 4 is 5.78 Å².